The molecule has 12 heteroatoms. The average Bonchev–Trinajstić information content (AvgIpc) is 3.38. The Hall–Kier alpha value is -3.58. The smallest absolute Gasteiger partial charge is 0.279 e. The maximum absolute atomic E-state index is 13.6. The quantitative estimate of drug-likeness (QED) is 0.298. The summed E-state index contributed by atoms with van der Waals surface area (Å²) in [5.41, 5.74) is 3.11. The molecule has 41 heavy (non-hydrogen) atoms. The summed E-state index contributed by atoms with van der Waals surface area (Å²) in [7, 11) is -1.87. The lowest BCUT2D eigenvalue weighted by Crippen LogP contribution is -2.40. The highest BCUT2D eigenvalue weighted by Crippen LogP contribution is 2.43. The number of hydrogen-bond donors (Lipinski definition) is 2. The molecule has 0 fully saturated rings. The van der Waals surface area contributed by atoms with Crippen molar-refractivity contribution in [2.45, 2.75) is 45.2 Å². The van der Waals surface area contributed by atoms with Crippen LogP contribution in [0.3, 0.4) is 0 Å². The normalized spacial score (nSPS) is 16.0. The standard InChI is InChI=1S/C29H32N4O6S2/c1-6-41(37,38)30-15-19-13-22(27-24(14-19)31-28(34)26(39-27)17(2)3)23-16-32(5)29(35)25-21(23)11-12-33(25)40(36)20-9-7-18(4)8-10-20/h7-14,16-17,26,30H,6,15H2,1-5H3,(H,31,34). The lowest BCUT2D eigenvalue weighted by Gasteiger charge is -2.30. The molecular formula is C29H32N4O6S2. The Morgan fingerprint density at radius 1 is 1.12 bits per heavy atom. The van der Waals surface area contributed by atoms with E-state index >= 15 is 0 Å². The van der Waals surface area contributed by atoms with E-state index < -0.39 is 27.5 Å². The third-order valence-electron chi connectivity index (χ3n) is 7.07. The first-order chi connectivity index (χ1) is 19.4. The van der Waals surface area contributed by atoms with Crippen LogP contribution >= 0.6 is 0 Å². The highest BCUT2D eigenvalue weighted by molar-refractivity contribution is 7.90. The molecule has 2 aromatic carbocycles. The molecule has 0 saturated heterocycles. The number of carbonyl (C=O) groups excluding carboxylic acids is 1. The van der Waals surface area contributed by atoms with Gasteiger partial charge in [-0.3, -0.25) is 9.59 Å². The van der Waals surface area contributed by atoms with Crippen LogP contribution in [0.1, 0.15) is 31.9 Å². The molecule has 0 radical (unpaired) electrons. The number of fused-ring (bicyclic) bond motifs is 2. The van der Waals surface area contributed by atoms with Gasteiger partial charge in [0, 0.05) is 36.3 Å². The minimum absolute atomic E-state index is 0.00665. The third-order valence-corrected chi connectivity index (χ3v) is 9.75. The number of amides is 1. The van der Waals surface area contributed by atoms with E-state index in [1.54, 1.807) is 56.7 Å². The summed E-state index contributed by atoms with van der Waals surface area (Å²) in [6, 6.07) is 12.5. The number of hydrogen-bond acceptors (Lipinski definition) is 6. The topological polar surface area (TPSA) is 134 Å². The SMILES string of the molecule is CCS(=O)(=O)NCc1cc2c(c(-c3cn(C)c(=O)c4c3ccn4[S+]([O-])c3ccc(C)cc3)c1)OC(C(C)C)C(=O)N2. The number of anilines is 1. The number of aromatic nitrogens is 2. The van der Waals surface area contributed by atoms with Gasteiger partial charge in [-0.2, -0.15) is 3.97 Å². The van der Waals surface area contributed by atoms with E-state index in [1.807, 2.05) is 32.9 Å². The van der Waals surface area contributed by atoms with Gasteiger partial charge in [0.05, 0.1) is 17.6 Å². The lowest BCUT2D eigenvalue weighted by molar-refractivity contribution is -0.125. The second-order valence-electron chi connectivity index (χ2n) is 10.4. The number of aryl methyl sites for hydroxylation is 2. The number of sulfonamides is 1. The van der Waals surface area contributed by atoms with Gasteiger partial charge in [0.1, 0.15) is 11.4 Å². The number of nitrogens with one attached hydrogen (secondary N) is 2. The monoisotopic (exact) mass is 596 g/mol. The van der Waals surface area contributed by atoms with Crippen LogP contribution < -0.4 is 20.3 Å². The molecule has 3 heterocycles. The molecular weight excluding hydrogens is 564 g/mol. The molecule has 0 saturated carbocycles. The predicted molar refractivity (Wildman–Crippen MR) is 160 cm³/mol. The van der Waals surface area contributed by atoms with Crippen molar-refractivity contribution in [1.29, 1.82) is 0 Å². The van der Waals surface area contributed by atoms with Crippen molar-refractivity contribution in [2.75, 3.05) is 11.1 Å². The molecule has 0 bridgehead atoms. The summed E-state index contributed by atoms with van der Waals surface area (Å²) in [6.45, 7) is 7.25. The molecule has 1 amide bonds. The van der Waals surface area contributed by atoms with Crippen LogP contribution in [0, 0.1) is 12.8 Å². The Balaban J connectivity index is 1.72. The number of nitrogens with zero attached hydrogens (tertiary/aromatic N) is 2. The van der Waals surface area contributed by atoms with Crippen LogP contribution in [0.4, 0.5) is 5.69 Å². The van der Waals surface area contributed by atoms with Crippen molar-refractivity contribution < 1.29 is 22.5 Å². The van der Waals surface area contributed by atoms with Crippen LogP contribution in [0.25, 0.3) is 22.0 Å². The third kappa shape index (κ3) is 5.52. The van der Waals surface area contributed by atoms with Gasteiger partial charge >= 0.3 is 0 Å². The van der Waals surface area contributed by atoms with E-state index in [4.69, 9.17) is 4.74 Å². The highest BCUT2D eigenvalue weighted by atomic mass is 32.2. The first-order valence-corrected chi connectivity index (χ1v) is 16.0. The van der Waals surface area contributed by atoms with Gasteiger partial charge in [-0.05, 0) is 55.7 Å². The average molecular weight is 597 g/mol. The zero-order valence-corrected chi connectivity index (χ0v) is 25.1. The Bertz CT molecular complexity index is 1810. The summed E-state index contributed by atoms with van der Waals surface area (Å²) in [5, 5.41) is 3.46. The van der Waals surface area contributed by atoms with Gasteiger partial charge in [0.2, 0.25) is 10.0 Å². The number of benzene rings is 2. The minimum atomic E-state index is -3.48. The van der Waals surface area contributed by atoms with Gasteiger partial charge < -0.3 is 19.2 Å². The Morgan fingerprint density at radius 2 is 1.83 bits per heavy atom. The highest BCUT2D eigenvalue weighted by Gasteiger charge is 2.33. The Morgan fingerprint density at radius 3 is 2.49 bits per heavy atom. The minimum Gasteiger partial charge on any atom is -0.587 e. The number of rotatable bonds is 8. The lowest BCUT2D eigenvalue weighted by atomic mass is 9.97. The Labute approximate surface area is 241 Å². The van der Waals surface area contributed by atoms with Crippen molar-refractivity contribution in [3.05, 3.63) is 76.3 Å². The van der Waals surface area contributed by atoms with Gasteiger partial charge in [0.25, 0.3) is 11.5 Å². The van der Waals surface area contributed by atoms with E-state index in [-0.39, 0.29) is 35.2 Å². The van der Waals surface area contributed by atoms with E-state index in [9.17, 15) is 22.6 Å². The van der Waals surface area contributed by atoms with Crippen LogP contribution in [-0.2, 0) is 39.8 Å². The van der Waals surface area contributed by atoms with Crippen molar-refractivity contribution in [1.82, 2.24) is 13.3 Å². The molecule has 4 aromatic rings. The summed E-state index contributed by atoms with van der Waals surface area (Å²) >= 11 is -1.68. The van der Waals surface area contributed by atoms with Gasteiger partial charge in [0.15, 0.2) is 22.3 Å². The molecule has 216 valence electrons. The Kier molecular flexibility index (Phi) is 7.77. The molecule has 2 N–H and O–H groups in total. The molecule has 2 unspecified atom stereocenters. The molecule has 1 aliphatic rings. The van der Waals surface area contributed by atoms with E-state index in [0.29, 0.717) is 38.4 Å². The predicted octanol–water partition coefficient (Wildman–Crippen LogP) is 3.68. The van der Waals surface area contributed by atoms with Crippen LogP contribution in [0.5, 0.6) is 5.75 Å². The number of ether oxygens (including phenoxy) is 1. The van der Waals surface area contributed by atoms with Crippen molar-refractivity contribution in [3.63, 3.8) is 0 Å². The fraction of sp³-hybridized carbons (Fsp3) is 0.310. The van der Waals surface area contributed by atoms with Crippen molar-refractivity contribution in [3.8, 4) is 16.9 Å². The first-order valence-electron chi connectivity index (χ1n) is 13.2. The summed E-state index contributed by atoms with van der Waals surface area (Å²) in [4.78, 5) is 26.8. The first kappa shape index (κ1) is 28.9. The molecule has 5 rings (SSSR count). The fourth-order valence-corrected chi connectivity index (χ4v) is 6.48. The van der Waals surface area contributed by atoms with Gasteiger partial charge in [-0.25, -0.2) is 13.1 Å². The zero-order valence-electron chi connectivity index (χ0n) is 23.4. The molecule has 1 aliphatic heterocycles. The summed E-state index contributed by atoms with van der Waals surface area (Å²) < 4.78 is 49.6. The van der Waals surface area contributed by atoms with Gasteiger partial charge in [-0.1, -0.05) is 31.5 Å². The van der Waals surface area contributed by atoms with Crippen molar-refractivity contribution >= 4 is 43.9 Å². The molecule has 10 nitrogen and oxygen atoms in total. The van der Waals surface area contributed by atoms with Crippen molar-refractivity contribution in [2.24, 2.45) is 13.0 Å². The maximum atomic E-state index is 13.6. The van der Waals surface area contributed by atoms with E-state index in [1.165, 1.54) is 8.54 Å². The van der Waals surface area contributed by atoms with Crippen LogP contribution in [-0.4, -0.2) is 39.3 Å². The maximum Gasteiger partial charge on any atom is 0.279 e. The zero-order chi connectivity index (χ0) is 29.6. The second kappa shape index (κ2) is 11.0. The molecule has 0 aliphatic carbocycles. The molecule has 2 aromatic heterocycles. The number of pyridine rings is 1. The van der Waals surface area contributed by atoms with E-state index in [0.717, 1.165) is 5.56 Å². The largest absolute Gasteiger partial charge is 0.587 e. The van der Waals surface area contributed by atoms with E-state index in [2.05, 4.69) is 10.0 Å². The molecule has 0 spiro atoms. The summed E-state index contributed by atoms with van der Waals surface area (Å²) in [6.07, 6.45) is 2.55. The van der Waals surface area contributed by atoms with Gasteiger partial charge in [-0.15, -0.1) is 0 Å². The summed E-state index contributed by atoms with van der Waals surface area (Å²) in [5.74, 6) is -0.0775. The molecule has 2 atom stereocenters. The number of carbonyl (C=O) groups is 1. The second-order valence-corrected chi connectivity index (χ2v) is 13.9. The van der Waals surface area contributed by atoms with Crippen LogP contribution in [0.15, 0.2) is 64.5 Å². The van der Waals surface area contributed by atoms with Crippen LogP contribution in [0.2, 0.25) is 0 Å². The fourth-order valence-electron chi connectivity index (χ4n) is 4.78.